The summed E-state index contributed by atoms with van der Waals surface area (Å²) in [6.07, 6.45) is 5.27. The molecule has 6 nitrogen and oxygen atoms in total. The molecule has 0 atom stereocenters. The number of hydrogen-bond acceptors (Lipinski definition) is 4. The lowest BCUT2D eigenvalue weighted by Gasteiger charge is -2.07. The highest BCUT2D eigenvalue weighted by Gasteiger charge is 2.16. The lowest BCUT2D eigenvalue weighted by atomic mass is 10.2. The van der Waals surface area contributed by atoms with Crippen molar-refractivity contribution in [2.75, 3.05) is 6.54 Å². The van der Waals surface area contributed by atoms with Crippen LogP contribution in [0.25, 0.3) is 11.0 Å². The summed E-state index contributed by atoms with van der Waals surface area (Å²) in [6.45, 7) is 3.52. The van der Waals surface area contributed by atoms with Gasteiger partial charge in [-0.3, -0.25) is 4.79 Å². The monoisotopic (exact) mass is 338 g/mol. The van der Waals surface area contributed by atoms with Gasteiger partial charge in [-0.15, -0.1) is 10.2 Å². The molecule has 0 aliphatic carbocycles. The average Bonchev–Trinajstić information content (AvgIpc) is 3.11. The number of aromatic nitrogens is 3. The van der Waals surface area contributed by atoms with Crippen LogP contribution in [0.2, 0.25) is 0 Å². The van der Waals surface area contributed by atoms with E-state index in [0.717, 1.165) is 41.1 Å². The molecule has 0 saturated carbocycles. The molecule has 130 valence electrons. The van der Waals surface area contributed by atoms with Crippen LogP contribution in [0.3, 0.4) is 0 Å². The van der Waals surface area contributed by atoms with Crippen molar-refractivity contribution in [3.05, 3.63) is 47.2 Å². The molecule has 0 fully saturated rings. The Labute approximate surface area is 146 Å². The first-order valence-corrected chi connectivity index (χ1v) is 8.90. The number of nitrogens with one attached hydrogen (secondary N) is 1. The van der Waals surface area contributed by atoms with Gasteiger partial charge in [-0.05, 0) is 38.0 Å². The van der Waals surface area contributed by atoms with Gasteiger partial charge in [0.1, 0.15) is 17.2 Å². The van der Waals surface area contributed by atoms with Crippen LogP contribution in [-0.2, 0) is 19.4 Å². The summed E-state index contributed by atoms with van der Waals surface area (Å²) in [7, 11) is 0. The number of nitrogens with zero attached hydrogens (tertiary/aromatic N) is 3. The summed E-state index contributed by atoms with van der Waals surface area (Å²) < 4.78 is 7.85. The van der Waals surface area contributed by atoms with E-state index in [-0.39, 0.29) is 5.91 Å². The number of hydrogen-bond donors (Lipinski definition) is 1. The normalized spacial score (nSPS) is 14.3. The number of aryl methyl sites for hydroxylation is 2. The zero-order valence-corrected chi connectivity index (χ0v) is 14.4. The summed E-state index contributed by atoms with van der Waals surface area (Å²) in [5.41, 5.74) is 1.88. The van der Waals surface area contributed by atoms with E-state index in [1.165, 1.54) is 19.3 Å². The van der Waals surface area contributed by atoms with Gasteiger partial charge in [-0.25, -0.2) is 0 Å². The number of carbonyl (C=O) groups is 1. The van der Waals surface area contributed by atoms with Gasteiger partial charge in [0.15, 0.2) is 5.76 Å². The molecule has 1 aromatic carbocycles. The van der Waals surface area contributed by atoms with E-state index in [9.17, 15) is 4.79 Å². The fourth-order valence-corrected chi connectivity index (χ4v) is 3.38. The lowest BCUT2D eigenvalue weighted by molar-refractivity contribution is 0.0928. The number of carbonyl (C=O) groups excluding carboxylic acids is 1. The van der Waals surface area contributed by atoms with Crippen molar-refractivity contribution in [2.24, 2.45) is 0 Å². The number of benzene rings is 1. The summed E-state index contributed by atoms with van der Waals surface area (Å²) in [5, 5.41) is 12.5. The zero-order chi connectivity index (χ0) is 17.2. The Hall–Kier alpha value is -2.63. The summed E-state index contributed by atoms with van der Waals surface area (Å²) in [6, 6.07) is 7.68. The highest BCUT2D eigenvalue weighted by atomic mass is 16.3. The maximum absolute atomic E-state index is 12.3. The molecule has 1 amide bonds. The second-order valence-electron chi connectivity index (χ2n) is 6.65. The van der Waals surface area contributed by atoms with Crippen LogP contribution >= 0.6 is 0 Å². The SMILES string of the molecule is Cc1ccc2oc(C(=O)NCCc3nnc4n3CCCCC4)cc2c1. The van der Waals surface area contributed by atoms with E-state index in [1.54, 1.807) is 6.07 Å². The number of rotatable bonds is 4. The Bertz CT molecular complexity index is 909. The highest BCUT2D eigenvalue weighted by molar-refractivity contribution is 5.96. The minimum atomic E-state index is -0.190. The summed E-state index contributed by atoms with van der Waals surface area (Å²) in [5.74, 6) is 2.19. The summed E-state index contributed by atoms with van der Waals surface area (Å²) >= 11 is 0. The zero-order valence-electron chi connectivity index (χ0n) is 14.4. The molecule has 4 rings (SSSR count). The van der Waals surface area contributed by atoms with E-state index in [4.69, 9.17) is 4.42 Å². The maximum Gasteiger partial charge on any atom is 0.287 e. The Morgan fingerprint density at radius 1 is 1.24 bits per heavy atom. The molecule has 0 spiro atoms. The van der Waals surface area contributed by atoms with Crippen LogP contribution in [0.4, 0.5) is 0 Å². The fraction of sp³-hybridized carbons (Fsp3) is 0.421. The van der Waals surface area contributed by atoms with E-state index >= 15 is 0 Å². The Morgan fingerprint density at radius 2 is 2.16 bits per heavy atom. The van der Waals surface area contributed by atoms with Crippen molar-refractivity contribution in [1.29, 1.82) is 0 Å². The molecule has 0 saturated heterocycles. The van der Waals surface area contributed by atoms with Crippen LogP contribution in [0.15, 0.2) is 28.7 Å². The summed E-state index contributed by atoms with van der Waals surface area (Å²) in [4.78, 5) is 12.3. The molecule has 0 unspecified atom stereocenters. The minimum Gasteiger partial charge on any atom is -0.451 e. The third-order valence-corrected chi connectivity index (χ3v) is 4.72. The Kier molecular flexibility index (Phi) is 4.26. The number of fused-ring (bicyclic) bond motifs is 2. The van der Waals surface area contributed by atoms with Gasteiger partial charge >= 0.3 is 0 Å². The van der Waals surface area contributed by atoms with E-state index < -0.39 is 0 Å². The molecular formula is C19H22N4O2. The van der Waals surface area contributed by atoms with Gasteiger partial charge in [0.2, 0.25) is 0 Å². The van der Waals surface area contributed by atoms with E-state index in [2.05, 4.69) is 20.1 Å². The van der Waals surface area contributed by atoms with Crippen molar-refractivity contribution in [1.82, 2.24) is 20.1 Å². The van der Waals surface area contributed by atoms with E-state index in [0.29, 0.717) is 18.7 Å². The van der Waals surface area contributed by atoms with Gasteiger partial charge in [0.25, 0.3) is 5.91 Å². The predicted octanol–water partition coefficient (Wildman–Crippen LogP) is 3.03. The molecule has 0 radical (unpaired) electrons. The second-order valence-corrected chi connectivity index (χ2v) is 6.65. The molecule has 3 heterocycles. The van der Waals surface area contributed by atoms with Crippen LogP contribution < -0.4 is 5.32 Å². The van der Waals surface area contributed by atoms with Gasteiger partial charge in [0, 0.05) is 31.3 Å². The largest absolute Gasteiger partial charge is 0.451 e. The van der Waals surface area contributed by atoms with Crippen molar-refractivity contribution in [3.63, 3.8) is 0 Å². The van der Waals surface area contributed by atoms with Crippen LogP contribution in [0.5, 0.6) is 0 Å². The van der Waals surface area contributed by atoms with Crippen molar-refractivity contribution in [3.8, 4) is 0 Å². The van der Waals surface area contributed by atoms with Gasteiger partial charge < -0.3 is 14.3 Å². The Balaban J connectivity index is 1.39. The van der Waals surface area contributed by atoms with Gasteiger partial charge in [0.05, 0.1) is 0 Å². The molecule has 1 aliphatic heterocycles. The minimum absolute atomic E-state index is 0.190. The first-order valence-electron chi connectivity index (χ1n) is 8.90. The molecule has 6 heteroatoms. The molecule has 2 aromatic heterocycles. The highest BCUT2D eigenvalue weighted by Crippen LogP contribution is 2.20. The molecule has 1 N–H and O–H groups in total. The van der Waals surface area contributed by atoms with Crippen molar-refractivity contribution in [2.45, 2.75) is 45.6 Å². The lowest BCUT2D eigenvalue weighted by Crippen LogP contribution is -2.26. The van der Waals surface area contributed by atoms with Gasteiger partial charge in [-0.1, -0.05) is 18.1 Å². The van der Waals surface area contributed by atoms with E-state index in [1.807, 2.05) is 25.1 Å². The third kappa shape index (κ3) is 3.29. The van der Waals surface area contributed by atoms with Gasteiger partial charge in [-0.2, -0.15) is 0 Å². The smallest absolute Gasteiger partial charge is 0.287 e. The molecule has 1 aliphatic rings. The average molecular weight is 338 g/mol. The molecular weight excluding hydrogens is 316 g/mol. The van der Waals surface area contributed by atoms with Crippen LogP contribution in [-0.4, -0.2) is 27.2 Å². The molecule has 3 aromatic rings. The Morgan fingerprint density at radius 3 is 3.08 bits per heavy atom. The topological polar surface area (TPSA) is 73.0 Å². The first kappa shape index (κ1) is 15.9. The number of amides is 1. The predicted molar refractivity (Wildman–Crippen MR) is 94.6 cm³/mol. The van der Waals surface area contributed by atoms with Crippen molar-refractivity contribution >= 4 is 16.9 Å². The number of furan rings is 1. The third-order valence-electron chi connectivity index (χ3n) is 4.72. The second kappa shape index (κ2) is 6.70. The van der Waals surface area contributed by atoms with Crippen molar-refractivity contribution < 1.29 is 9.21 Å². The fourth-order valence-electron chi connectivity index (χ4n) is 3.38. The standard InChI is InChI=1S/C19H22N4O2/c1-13-6-7-15-14(11-13)12-16(25-15)19(24)20-9-8-18-22-21-17-5-3-2-4-10-23(17)18/h6-7,11-12H,2-5,8-10H2,1H3,(H,20,24). The first-order chi connectivity index (χ1) is 12.2. The molecule has 0 bridgehead atoms. The quantitative estimate of drug-likeness (QED) is 0.793. The maximum atomic E-state index is 12.3. The molecule has 25 heavy (non-hydrogen) atoms. The van der Waals surface area contributed by atoms with Crippen LogP contribution in [0.1, 0.15) is 47.0 Å². The van der Waals surface area contributed by atoms with Crippen LogP contribution in [0, 0.1) is 6.92 Å².